The van der Waals surface area contributed by atoms with Crippen LogP contribution in [0.2, 0.25) is 5.02 Å². The summed E-state index contributed by atoms with van der Waals surface area (Å²) in [6, 6.07) is 5.65. The summed E-state index contributed by atoms with van der Waals surface area (Å²) >= 11 is 7.61. The molecule has 0 spiro atoms. The molecule has 0 bridgehead atoms. The first-order valence-corrected chi connectivity index (χ1v) is 9.04. The molecule has 7 heteroatoms. The lowest BCUT2D eigenvalue weighted by Crippen LogP contribution is -2.27. The Hall–Kier alpha value is -2.18. The van der Waals surface area contributed by atoms with E-state index >= 15 is 0 Å². The minimum atomic E-state index is -1.07. The Morgan fingerprint density at radius 1 is 1.36 bits per heavy atom. The van der Waals surface area contributed by atoms with Crippen LogP contribution in [0.25, 0.3) is 21.3 Å². The minimum Gasteiger partial charge on any atom is -0.480 e. The minimum absolute atomic E-state index is 0.316. The number of carboxylic acid groups (broad SMARTS) is 1. The standard InChI is InChI=1S/C18H17ClN2O3S/c1-4-13-15(11-5-6-12(19)9(2)7-11)16-17(25-13)20-10(3)21(18(16)24)8-14(22)23/h5-7H,4,8H2,1-3H3,(H,22,23). The lowest BCUT2D eigenvalue weighted by molar-refractivity contribution is -0.137. The van der Waals surface area contributed by atoms with Crippen molar-refractivity contribution in [2.24, 2.45) is 0 Å². The number of benzene rings is 1. The first-order valence-electron chi connectivity index (χ1n) is 7.84. The maximum absolute atomic E-state index is 13.0. The van der Waals surface area contributed by atoms with Crippen molar-refractivity contribution in [3.63, 3.8) is 0 Å². The van der Waals surface area contributed by atoms with Crippen molar-refractivity contribution in [1.29, 1.82) is 0 Å². The van der Waals surface area contributed by atoms with Crippen LogP contribution in [0.15, 0.2) is 23.0 Å². The second-order valence-electron chi connectivity index (χ2n) is 5.84. The zero-order chi connectivity index (χ0) is 18.3. The normalized spacial score (nSPS) is 11.2. The Morgan fingerprint density at radius 3 is 2.68 bits per heavy atom. The van der Waals surface area contributed by atoms with E-state index in [1.165, 1.54) is 15.9 Å². The summed E-state index contributed by atoms with van der Waals surface area (Å²) in [5.74, 6) is -0.663. The molecule has 0 fully saturated rings. The second-order valence-corrected chi connectivity index (χ2v) is 7.33. The van der Waals surface area contributed by atoms with E-state index in [0.29, 0.717) is 21.1 Å². The summed E-state index contributed by atoms with van der Waals surface area (Å²) < 4.78 is 1.21. The third-order valence-electron chi connectivity index (χ3n) is 4.14. The third kappa shape index (κ3) is 3.07. The second kappa shape index (κ2) is 6.61. The number of carboxylic acids is 1. The molecule has 1 N–H and O–H groups in total. The van der Waals surface area contributed by atoms with Gasteiger partial charge in [-0.25, -0.2) is 4.98 Å². The monoisotopic (exact) mass is 376 g/mol. The molecule has 5 nitrogen and oxygen atoms in total. The van der Waals surface area contributed by atoms with E-state index in [9.17, 15) is 9.59 Å². The number of carbonyl (C=O) groups is 1. The quantitative estimate of drug-likeness (QED) is 0.745. The van der Waals surface area contributed by atoms with Crippen LogP contribution < -0.4 is 5.56 Å². The molecule has 0 radical (unpaired) electrons. The van der Waals surface area contributed by atoms with E-state index in [1.54, 1.807) is 6.92 Å². The van der Waals surface area contributed by atoms with Gasteiger partial charge in [0.25, 0.3) is 5.56 Å². The highest BCUT2D eigenvalue weighted by Gasteiger charge is 2.20. The lowest BCUT2D eigenvalue weighted by Gasteiger charge is -2.09. The van der Waals surface area contributed by atoms with Crippen molar-refractivity contribution >= 4 is 39.1 Å². The number of hydrogen-bond acceptors (Lipinski definition) is 4. The van der Waals surface area contributed by atoms with Crippen molar-refractivity contribution < 1.29 is 9.90 Å². The average Bonchev–Trinajstić information content (AvgIpc) is 2.92. The summed E-state index contributed by atoms with van der Waals surface area (Å²) in [4.78, 5) is 30.3. The Bertz CT molecular complexity index is 1050. The van der Waals surface area contributed by atoms with Gasteiger partial charge in [0, 0.05) is 15.5 Å². The predicted molar refractivity (Wildman–Crippen MR) is 101 cm³/mol. The van der Waals surface area contributed by atoms with Gasteiger partial charge in [0.1, 0.15) is 17.2 Å². The van der Waals surface area contributed by atoms with Gasteiger partial charge in [0.2, 0.25) is 0 Å². The summed E-state index contributed by atoms with van der Waals surface area (Å²) in [6.07, 6.45) is 0.759. The molecule has 1 aromatic carbocycles. The summed E-state index contributed by atoms with van der Waals surface area (Å²) in [6.45, 7) is 5.20. The maximum Gasteiger partial charge on any atom is 0.323 e. The number of thiophene rings is 1. The maximum atomic E-state index is 13.0. The van der Waals surface area contributed by atoms with Gasteiger partial charge >= 0.3 is 5.97 Å². The Kier molecular flexibility index (Phi) is 4.67. The van der Waals surface area contributed by atoms with Gasteiger partial charge in [0.05, 0.1) is 5.39 Å². The Balaban J connectivity index is 2.38. The molecule has 2 aromatic heterocycles. The number of aliphatic carboxylic acids is 1. The van der Waals surface area contributed by atoms with Gasteiger partial charge in [-0.2, -0.15) is 0 Å². The van der Waals surface area contributed by atoms with Crippen molar-refractivity contribution in [3.8, 4) is 11.1 Å². The summed E-state index contributed by atoms with van der Waals surface area (Å²) in [5.41, 5.74) is 2.34. The molecule has 2 heterocycles. The first-order chi connectivity index (χ1) is 11.8. The summed E-state index contributed by atoms with van der Waals surface area (Å²) in [5, 5.41) is 10.2. The number of fused-ring (bicyclic) bond motifs is 1. The van der Waals surface area contributed by atoms with Crippen LogP contribution in [0.5, 0.6) is 0 Å². The molecule has 0 amide bonds. The molecule has 0 saturated heterocycles. The molecule has 0 atom stereocenters. The molecule has 0 saturated carbocycles. The largest absolute Gasteiger partial charge is 0.480 e. The topological polar surface area (TPSA) is 72.2 Å². The number of hydrogen-bond donors (Lipinski definition) is 1. The molecule has 25 heavy (non-hydrogen) atoms. The predicted octanol–water partition coefficient (Wildman–Crippen LogP) is 4.04. The Labute approximate surface area is 153 Å². The number of rotatable bonds is 4. The van der Waals surface area contributed by atoms with E-state index in [4.69, 9.17) is 16.7 Å². The molecule has 3 rings (SSSR count). The molecule has 0 aliphatic rings. The Morgan fingerprint density at radius 2 is 2.08 bits per heavy atom. The molecule has 0 aliphatic carbocycles. The fourth-order valence-electron chi connectivity index (χ4n) is 2.91. The van der Waals surface area contributed by atoms with Crippen LogP contribution in [0, 0.1) is 13.8 Å². The van der Waals surface area contributed by atoms with E-state index in [2.05, 4.69) is 4.98 Å². The van der Waals surface area contributed by atoms with Crippen molar-refractivity contribution in [2.45, 2.75) is 33.7 Å². The van der Waals surface area contributed by atoms with E-state index < -0.39 is 12.5 Å². The van der Waals surface area contributed by atoms with Crippen molar-refractivity contribution in [2.75, 3.05) is 0 Å². The highest BCUT2D eigenvalue weighted by molar-refractivity contribution is 7.19. The van der Waals surface area contributed by atoms with Crippen molar-refractivity contribution in [1.82, 2.24) is 9.55 Å². The fraction of sp³-hybridized carbons (Fsp3) is 0.278. The van der Waals surface area contributed by atoms with Gasteiger partial charge in [-0.3, -0.25) is 14.2 Å². The van der Waals surface area contributed by atoms with Gasteiger partial charge in [-0.15, -0.1) is 11.3 Å². The van der Waals surface area contributed by atoms with Gasteiger partial charge in [-0.1, -0.05) is 24.6 Å². The third-order valence-corrected chi connectivity index (χ3v) is 5.79. The molecule has 3 aromatic rings. The van der Waals surface area contributed by atoms with Gasteiger partial charge < -0.3 is 5.11 Å². The first kappa shape index (κ1) is 17.6. The van der Waals surface area contributed by atoms with Crippen LogP contribution in [-0.4, -0.2) is 20.6 Å². The van der Waals surface area contributed by atoms with Crippen LogP contribution >= 0.6 is 22.9 Å². The van der Waals surface area contributed by atoms with Crippen LogP contribution in [0.4, 0.5) is 0 Å². The lowest BCUT2D eigenvalue weighted by atomic mass is 10.0. The summed E-state index contributed by atoms with van der Waals surface area (Å²) in [7, 11) is 0. The highest BCUT2D eigenvalue weighted by atomic mass is 35.5. The smallest absolute Gasteiger partial charge is 0.323 e. The SMILES string of the molecule is CCc1sc2nc(C)n(CC(=O)O)c(=O)c2c1-c1ccc(Cl)c(C)c1. The van der Waals surface area contributed by atoms with Gasteiger partial charge in [0.15, 0.2) is 0 Å². The van der Waals surface area contributed by atoms with Crippen LogP contribution in [-0.2, 0) is 17.8 Å². The number of aromatic nitrogens is 2. The fourth-order valence-corrected chi connectivity index (χ4v) is 4.19. The molecule has 130 valence electrons. The van der Waals surface area contributed by atoms with Crippen LogP contribution in [0.1, 0.15) is 23.2 Å². The van der Waals surface area contributed by atoms with E-state index in [1.807, 2.05) is 32.0 Å². The van der Waals surface area contributed by atoms with Gasteiger partial charge in [-0.05, 0) is 43.5 Å². The zero-order valence-electron chi connectivity index (χ0n) is 14.1. The van der Waals surface area contributed by atoms with E-state index in [-0.39, 0.29) is 5.56 Å². The number of halogens is 1. The zero-order valence-corrected chi connectivity index (χ0v) is 15.7. The molecule has 0 unspecified atom stereocenters. The highest BCUT2D eigenvalue weighted by Crippen LogP contribution is 2.37. The van der Waals surface area contributed by atoms with E-state index in [0.717, 1.165) is 28.0 Å². The molecule has 0 aliphatic heterocycles. The number of nitrogens with zero attached hydrogens (tertiary/aromatic N) is 2. The van der Waals surface area contributed by atoms with Crippen molar-refractivity contribution in [3.05, 3.63) is 49.8 Å². The van der Waals surface area contributed by atoms with Crippen LogP contribution in [0.3, 0.4) is 0 Å². The average molecular weight is 377 g/mol. The number of aryl methyl sites for hydroxylation is 3. The molecular formula is C18H17ClN2O3S. The molecular weight excluding hydrogens is 360 g/mol.